The van der Waals surface area contributed by atoms with Gasteiger partial charge < -0.3 is 16.0 Å². The Bertz CT molecular complexity index is 763. The van der Waals surface area contributed by atoms with E-state index in [4.69, 9.17) is 0 Å². The fourth-order valence-corrected chi connectivity index (χ4v) is 3.39. The first-order valence-corrected chi connectivity index (χ1v) is 10.2. The fraction of sp³-hybridized carbons (Fsp3) is 0.450. The molecule has 28 heavy (non-hydrogen) atoms. The first kappa shape index (κ1) is 24.4. The molecule has 0 atom stereocenters. The number of aryl methyl sites for hydroxylation is 1. The zero-order valence-corrected chi connectivity index (χ0v) is 19.9. The number of aromatic nitrogens is 1. The number of benzene rings is 1. The average Bonchev–Trinajstić information content (AvgIpc) is 3.13. The second-order valence-electron chi connectivity index (χ2n) is 6.17. The minimum atomic E-state index is 0. The monoisotopic (exact) mass is 515 g/mol. The van der Waals surface area contributed by atoms with E-state index < -0.39 is 0 Å². The minimum Gasteiger partial charge on any atom is -0.356 e. The van der Waals surface area contributed by atoms with Gasteiger partial charge in [-0.3, -0.25) is 9.79 Å². The molecule has 2 aromatic rings. The third-order valence-corrected chi connectivity index (χ3v) is 5.15. The summed E-state index contributed by atoms with van der Waals surface area (Å²) < 4.78 is 0. The molecule has 0 radical (unpaired) electrons. The number of halogens is 1. The van der Waals surface area contributed by atoms with Crippen LogP contribution in [0, 0.1) is 0 Å². The molecule has 0 spiro atoms. The third-order valence-electron chi connectivity index (χ3n) is 3.95. The van der Waals surface area contributed by atoms with Crippen molar-refractivity contribution in [2.75, 3.05) is 18.9 Å². The summed E-state index contributed by atoms with van der Waals surface area (Å²) in [5.74, 6) is 0.802. The number of hydrogen-bond donors (Lipinski definition) is 3. The van der Waals surface area contributed by atoms with E-state index >= 15 is 0 Å². The van der Waals surface area contributed by atoms with Gasteiger partial charge in [-0.1, -0.05) is 26.0 Å². The molecule has 6 nitrogen and oxygen atoms in total. The fourth-order valence-electron chi connectivity index (χ4n) is 2.53. The van der Waals surface area contributed by atoms with Gasteiger partial charge >= 0.3 is 0 Å². The zero-order valence-electron chi connectivity index (χ0n) is 16.7. The molecule has 0 unspecified atom stereocenters. The van der Waals surface area contributed by atoms with Crippen molar-refractivity contribution < 1.29 is 4.79 Å². The summed E-state index contributed by atoms with van der Waals surface area (Å²) in [5, 5.41) is 10.7. The number of thiazole rings is 1. The molecule has 0 bridgehead atoms. The summed E-state index contributed by atoms with van der Waals surface area (Å²) >= 11 is 1.77. The first-order valence-electron chi connectivity index (χ1n) is 9.41. The average molecular weight is 515 g/mol. The Labute approximate surface area is 188 Å². The van der Waals surface area contributed by atoms with E-state index in [1.807, 2.05) is 37.4 Å². The predicted octanol–water partition coefficient (Wildman–Crippen LogP) is 3.97. The molecule has 3 N–H and O–H groups in total. The molecule has 0 saturated heterocycles. The van der Waals surface area contributed by atoms with Crippen LogP contribution in [0.2, 0.25) is 0 Å². The van der Waals surface area contributed by atoms with Crippen LogP contribution in [-0.2, 0) is 24.2 Å². The van der Waals surface area contributed by atoms with Crippen LogP contribution in [0.15, 0.2) is 35.5 Å². The Kier molecular flexibility index (Phi) is 11.7. The molecule has 154 valence electrons. The van der Waals surface area contributed by atoms with Crippen LogP contribution in [0.1, 0.15) is 42.1 Å². The lowest BCUT2D eigenvalue weighted by Gasteiger charge is -2.12. The number of rotatable bonds is 9. The molecule has 0 fully saturated rings. The number of nitrogens with zero attached hydrogens (tertiary/aromatic N) is 2. The molecular weight excluding hydrogens is 485 g/mol. The molecule has 1 amide bonds. The highest BCUT2D eigenvalue weighted by Gasteiger charge is 2.04. The molecule has 8 heteroatoms. The number of hydrogen-bond acceptors (Lipinski definition) is 4. The van der Waals surface area contributed by atoms with E-state index in [9.17, 15) is 4.79 Å². The summed E-state index contributed by atoms with van der Waals surface area (Å²) in [4.78, 5) is 21.7. The SMILES string of the molecule is CCCC(=O)Nc1cccc(CNC(=NC)NCCc2ncc(CC)s2)c1.I. The Morgan fingerprint density at radius 2 is 2.07 bits per heavy atom. The van der Waals surface area contributed by atoms with Crippen LogP contribution in [-0.4, -0.2) is 30.4 Å². The maximum Gasteiger partial charge on any atom is 0.224 e. The van der Waals surface area contributed by atoms with Gasteiger partial charge in [0.1, 0.15) is 0 Å². The summed E-state index contributed by atoms with van der Waals surface area (Å²) in [6.45, 7) is 5.55. The van der Waals surface area contributed by atoms with Gasteiger partial charge in [0.25, 0.3) is 0 Å². The third kappa shape index (κ3) is 8.55. The Morgan fingerprint density at radius 3 is 2.75 bits per heavy atom. The normalized spacial score (nSPS) is 10.9. The van der Waals surface area contributed by atoms with Gasteiger partial charge in [0.15, 0.2) is 5.96 Å². The number of carbonyl (C=O) groups excluding carboxylic acids is 1. The van der Waals surface area contributed by atoms with Crippen molar-refractivity contribution in [2.24, 2.45) is 4.99 Å². The summed E-state index contributed by atoms with van der Waals surface area (Å²) in [5.41, 5.74) is 1.91. The lowest BCUT2D eigenvalue weighted by Crippen LogP contribution is -2.37. The van der Waals surface area contributed by atoms with Crippen molar-refractivity contribution >= 4 is 52.9 Å². The maximum atomic E-state index is 11.7. The molecular formula is C20H30IN5OS. The zero-order chi connectivity index (χ0) is 19.5. The summed E-state index contributed by atoms with van der Waals surface area (Å²) in [6.07, 6.45) is 5.25. The second kappa shape index (κ2) is 13.5. The maximum absolute atomic E-state index is 11.7. The van der Waals surface area contributed by atoms with E-state index in [1.165, 1.54) is 4.88 Å². The van der Waals surface area contributed by atoms with Crippen molar-refractivity contribution in [1.82, 2.24) is 15.6 Å². The predicted molar refractivity (Wildman–Crippen MR) is 129 cm³/mol. The van der Waals surface area contributed by atoms with Crippen molar-refractivity contribution in [1.29, 1.82) is 0 Å². The molecule has 1 aromatic carbocycles. The highest BCUT2D eigenvalue weighted by Crippen LogP contribution is 2.13. The van der Waals surface area contributed by atoms with Gasteiger partial charge in [-0.15, -0.1) is 35.3 Å². The molecule has 0 aliphatic carbocycles. The molecule has 1 heterocycles. The van der Waals surface area contributed by atoms with E-state index in [0.29, 0.717) is 13.0 Å². The molecule has 0 saturated carbocycles. The van der Waals surface area contributed by atoms with E-state index in [0.717, 1.165) is 48.0 Å². The smallest absolute Gasteiger partial charge is 0.224 e. The Morgan fingerprint density at radius 1 is 1.25 bits per heavy atom. The largest absolute Gasteiger partial charge is 0.356 e. The van der Waals surface area contributed by atoms with Gasteiger partial charge in [0, 0.05) is 49.7 Å². The summed E-state index contributed by atoms with van der Waals surface area (Å²) in [7, 11) is 1.76. The van der Waals surface area contributed by atoms with Crippen LogP contribution in [0.4, 0.5) is 5.69 Å². The molecule has 2 rings (SSSR count). The highest BCUT2D eigenvalue weighted by molar-refractivity contribution is 14.0. The topological polar surface area (TPSA) is 78.4 Å². The van der Waals surface area contributed by atoms with Crippen molar-refractivity contribution in [3.8, 4) is 0 Å². The van der Waals surface area contributed by atoms with Crippen LogP contribution in [0.25, 0.3) is 0 Å². The lowest BCUT2D eigenvalue weighted by molar-refractivity contribution is -0.116. The minimum absolute atomic E-state index is 0. The second-order valence-corrected chi connectivity index (χ2v) is 7.37. The van der Waals surface area contributed by atoms with E-state index in [1.54, 1.807) is 18.4 Å². The van der Waals surface area contributed by atoms with Crippen molar-refractivity contribution in [2.45, 2.75) is 46.1 Å². The van der Waals surface area contributed by atoms with Gasteiger partial charge in [-0.25, -0.2) is 4.98 Å². The molecule has 0 aliphatic rings. The number of aliphatic imine (C=N–C) groups is 1. The molecule has 1 aromatic heterocycles. The van der Waals surface area contributed by atoms with Gasteiger partial charge in [0.05, 0.1) is 5.01 Å². The standard InChI is InChI=1S/C20H29N5OS.HI/c1-4-7-18(26)25-16-9-6-8-15(12-16)13-24-20(21-3)22-11-10-19-23-14-17(5-2)27-19;/h6,8-9,12,14H,4-5,7,10-11,13H2,1-3H3,(H,25,26)(H2,21,22,24);1H. The number of amides is 1. The van der Waals surface area contributed by atoms with Crippen LogP contribution in [0.3, 0.4) is 0 Å². The van der Waals surface area contributed by atoms with Crippen LogP contribution in [0.5, 0.6) is 0 Å². The molecule has 0 aliphatic heterocycles. The van der Waals surface area contributed by atoms with Crippen molar-refractivity contribution in [3.05, 3.63) is 45.9 Å². The van der Waals surface area contributed by atoms with Crippen LogP contribution < -0.4 is 16.0 Å². The summed E-state index contributed by atoms with van der Waals surface area (Å²) in [6, 6.07) is 7.86. The lowest BCUT2D eigenvalue weighted by atomic mass is 10.2. The highest BCUT2D eigenvalue weighted by atomic mass is 127. The first-order chi connectivity index (χ1) is 13.1. The van der Waals surface area contributed by atoms with Gasteiger partial charge in [-0.2, -0.15) is 0 Å². The van der Waals surface area contributed by atoms with Crippen molar-refractivity contribution in [3.63, 3.8) is 0 Å². The Hall–Kier alpha value is -1.68. The van der Waals surface area contributed by atoms with E-state index in [2.05, 4.69) is 32.9 Å². The quantitative estimate of drug-likeness (QED) is 0.268. The number of anilines is 1. The van der Waals surface area contributed by atoms with Crippen LogP contribution >= 0.6 is 35.3 Å². The number of nitrogens with one attached hydrogen (secondary N) is 3. The van der Waals surface area contributed by atoms with Gasteiger partial charge in [0.2, 0.25) is 5.91 Å². The van der Waals surface area contributed by atoms with Gasteiger partial charge in [-0.05, 0) is 30.5 Å². The Balaban J connectivity index is 0.00000392. The number of guanidine groups is 1. The van der Waals surface area contributed by atoms with E-state index in [-0.39, 0.29) is 29.9 Å². The number of carbonyl (C=O) groups is 1.